The van der Waals surface area contributed by atoms with Crippen LogP contribution in [0.2, 0.25) is 0 Å². The number of anilines is 2. The fraction of sp³-hybridized carbons (Fsp3) is 0.300. The van der Waals surface area contributed by atoms with Gasteiger partial charge >= 0.3 is 0 Å². The first-order chi connectivity index (χ1) is 13.7. The van der Waals surface area contributed by atoms with Crippen LogP contribution in [-0.4, -0.2) is 51.9 Å². The van der Waals surface area contributed by atoms with E-state index in [2.05, 4.69) is 25.2 Å². The van der Waals surface area contributed by atoms with Crippen LogP contribution >= 0.6 is 0 Å². The Balaban J connectivity index is 1.39. The zero-order valence-electron chi connectivity index (χ0n) is 15.7. The Labute approximate surface area is 163 Å². The lowest BCUT2D eigenvalue weighted by molar-refractivity contribution is 0.0714. The monoisotopic (exact) mass is 378 g/mol. The first-order valence-electron chi connectivity index (χ1n) is 9.26. The molecule has 1 amide bonds. The molecule has 0 saturated carbocycles. The van der Waals surface area contributed by atoms with Crippen molar-refractivity contribution < 1.29 is 9.21 Å². The number of furan rings is 1. The summed E-state index contributed by atoms with van der Waals surface area (Å²) in [6, 6.07) is 11.2. The number of amides is 1. The van der Waals surface area contributed by atoms with Gasteiger partial charge in [0.2, 0.25) is 0 Å². The van der Waals surface area contributed by atoms with Crippen LogP contribution in [-0.2, 0) is 6.54 Å². The van der Waals surface area contributed by atoms with Crippen LogP contribution in [0.1, 0.15) is 22.1 Å². The van der Waals surface area contributed by atoms with Gasteiger partial charge in [-0.3, -0.25) is 9.78 Å². The smallest absolute Gasteiger partial charge is 0.289 e. The zero-order chi connectivity index (χ0) is 19.3. The molecule has 4 rings (SSSR count). The molecule has 8 nitrogen and oxygen atoms in total. The molecule has 8 heteroatoms. The molecule has 0 aliphatic carbocycles. The molecule has 0 atom stereocenters. The van der Waals surface area contributed by atoms with Gasteiger partial charge in [0.25, 0.3) is 5.91 Å². The lowest BCUT2D eigenvalue weighted by Gasteiger charge is -2.35. The molecule has 1 fully saturated rings. The molecule has 0 bridgehead atoms. The Morgan fingerprint density at radius 3 is 2.71 bits per heavy atom. The van der Waals surface area contributed by atoms with Crippen LogP contribution in [0.5, 0.6) is 0 Å². The van der Waals surface area contributed by atoms with Crippen molar-refractivity contribution in [3.8, 4) is 0 Å². The predicted molar refractivity (Wildman–Crippen MR) is 105 cm³/mol. The quantitative estimate of drug-likeness (QED) is 0.729. The second-order valence-corrected chi connectivity index (χ2v) is 6.59. The van der Waals surface area contributed by atoms with Crippen LogP contribution in [0.3, 0.4) is 0 Å². The van der Waals surface area contributed by atoms with E-state index in [1.165, 1.54) is 6.26 Å². The number of rotatable bonds is 5. The molecule has 0 spiro atoms. The highest BCUT2D eigenvalue weighted by atomic mass is 16.3. The minimum Gasteiger partial charge on any atom is -0.459 e. The molecule has 3 aromatic heterocycles. The molecule has 1 N–H and O–H groups in total. The van der Waals surface area contributed by atoms with Gasteiger partial charge in [-0.1, -0.05) is 6.07 Å². The average molecular weight is 378 g/mol. The second kappa shape index (κ2) is 8.08. The molecule has 1 saturated heterocycles. The topological polar surface area (TPSA) is 87.4 Å². The highest BCUT2D eigenvalue weighted by Gasteiger charge is 2.24. The minimum absolute atomic E-state index is 0.0683. The summed E-state index contributed by atoms with van der Waals surface area (Å²) >= 11 is 0. The normalized spacial score (nSPS) is 14.2. The maximum atomic E-state index is 12.4. The minimum atomic E-state index is -0.0683. The van der Waals surface area contributed by atoms with E-state index in [1.807, 2.05) is 36.1 Å². The number of nitrogens with zero attached hydrogens (tertiary/aromatic N) is 5. The van der Waals surface area contributed by atoms with Crippen LogP contribution in [0.25, 0.3) is 0 Å². The van der Waals surface area contributed by atoms with Crippen molar-refractivity contribution in [1.29, 1.82) is 0 Å². The van der Waals surface area contributed by atoms with Gasteiger partial charge in [-0.2, -0.15) is 0 Å². The fourth-order valence-electron chi connectivity index (χ4n) is 3.18. The van der Waals surface area contributed by atoms with Crippen molar-refractivity contribution in [3.05, 3.63) is 66.1 Å². The molecule has 4 heterocycles. The summed E-state index contributed by atoms with van der Waals surface area (Å²) < 4.78 is 5.22. The summed E-state index contributed by atoms with van der Waals surface area (Å²) in [6.45, 7) is 5.15. The Morgan fingerprint density at radius 1 is 1.14 bits per heavy atom. The Kier molecular flexibility index (Phi) is 5.18. The van der Waals surface area contributed by atoms with Gasteiger partial charge in [-0.25, -0.2) is 9.97 Å². The van der Waals surface area contributed by atoms with Crippen molar-refractivity contribution in [3.63, 3.8) is 0 Å². The Bertz CT molecular complexity index is 921. The maximum absolute atomic E-state index is 12.4. The first-order valence-corrected chi connectivity index (χ1v) is 9.26. The van der Waals surface area contributed by atoms with E-state index in [0.29, 0.717) is 44.3 Å². The summed E-state index contributed by atoms with van der Waals surface area (Å²) in [5, 5.41) is 3.31. The number of aromatic nitrogens is 3. The fourth-order valence-corrected chi connectivity index (χ4v) is 3.18. The molecule has 0 unspecified atom stereocenters. The van der Waals surface area contributed by atoms with Gasteiger partial charge in [0.15, 0.2) is 5.76 Å². The van der Waals surface area contributed by atoms with Crippen LogP contribution in [0.15, 0.2) is 53.3 Å². The lowest BCUT2D eigenvalue weighted by Crippen LogP contribution is -2.49. The van der Waals surface area contributed by atoms with Gasteiger partial charge in [0.05, 0.1) is 18.5 Å². The largest absolute Gasteiger partial charge is 0.459 e. The van der Waals surface area contributed by atoms with Gasteiger partial charge in [0, 0.05) is 38.4 Å². The summed E-state index contributed by atoms with van der Waals surface area (Å²) in [5.41, 5.74) is 0.949. The van der Waals surface area contributed by atoms with Crippen molar-refractivity contribution in [1.82, 2.24) is 19.9 Å². The average Bonchev–Trinajstić information content (AvgIpc) is 3.27. The molecular weight excluding hydrogens is 356 g/mol. The SMILES string of the molecule is Cc1nc(NCc2ccccn2)cc(N2CCN(C(=O)c3ccco3)CC2)n1. The van der Waals surface area contributed by atoms with Gasteiger partial charge in [-0.05, 0) is 31.2 Å². The van der Waals surface area contributed by atoms with E-state index in [9.17, 15) is 4.79 Å². The summed E-state index contributed by atoms with van der Waals surface area (Å²) in [6.07, 6.45) is 3.30. The summed E-state index contributed by atoms with van der Waals surface area (Å²) in [7, 11) is 0. The molecule has 3 aromatic rings. The van der Waals surface area contributed by atoms with Crippen LogP contribution < -0.4 is 10.2 Å². The zero-order valence-corrected chi connectivity index (χ0v) is 15.7. The van der Waals surface area contributed by atoms with E-state index in [-0.39, 0.29) is 5.91 Å². The van der Waals surface area contributed by atoms with Crippen molar-refractivity contribution in [2.75, 3.05) is 36.4 Å². The standard InChI is InChI=1S/C20H22N6O2/c1-15-23-18(22-14-16-5-2-3-7-21-16)13-19(24-15)25-8-10-26(11-9-25)20(27)17-6-4-12-28-17/h2-7,12-13H,8-11,14H2,1H3,(H,22,23,24). The van der Waals surface area contributed by atoms with Gasteiger partial charge < -0.3 is 19.5 Å². The van der Waals surface area contributed by atoms with Crippen molar-refractivity contribution in [2.45, 2.75) is 13.5 Å². The third-order valence-electron chi connectivity index (χ3n) is 4.62. The second-order valence-electron chi connectivity index (χ2n) is 6.59. The van der Waals surface area contributed by atoms with Gasteiger partial charge in [0.1, 0.15) is 17.5 Å². The van der Waals surface area contributed by atoms with E-state index in [4.69, 9.17) is 4.42 Å². The number of hydrogen-bond acceptors (Lipinski definition) is 7. The van der Waals surface area contributed by atoms with Crippen molar-refractivity contribution >= 4 is 17.5 Å². The molecule has 0 radical (unpaired) electrons. The van der Waals surface area contributed by atoms with Crippen molar-refractivity contribution in [2.24, 2.45) is 0 Å². The molecule has 28 heavy (non-hydrogen) atoms. The molecular formula is C20H22N6O2. The van der Waals surface area contributed by atoms with Crippen LogP contribution in [0, 0.1) is 6.92 Å². The Hall–Kier alpha value is -3.42. The number of nitrogens with one attached hydrogen (secondary N) is 1. The number of hydrogen-bond donors (Lipinski definition) is 1. The third-order valence-corrected chi connectivity index (χ3v) is 4.62. The van der Waals surface area contributed by atoms with E-state index >= 15 is 0 Å². The Morgan fingerprint density at radius 2 is 2.00 bits per heavy atom. The number of pyridine rings is 1. The molecule has 1 aliphatic heterocycles. The number of aryl methyl sites for hydroxylation is 1. The lowest BCUT2D eigenvalue weighted by atomic mass is 10.2. The van der Waals surface area contributed by atoms with Gasteiger partial charge in [-0.15, -0.1) is 0 Å². The maximum Gasteiger partial charge on any atom is 0.289 e. The molecule has 144 valence electrons. The summed E-state index contributed by atoms with van der Waals surface area (Å²) in [4.78, 5) is 29.7. The third kappa shape index (κ3) is 4.11. The highest BCUT2D eigenvalue weighted by molar-refractivity contribution is 5.91. The summed E-state index contributed by atoms with van der Waals surface area (Å²) in [5.74, 6) is 2.65. The van der Waals surface area contributed by atoms with E-state index in [0.717, 1.165) is 17.3 Å². The first kappa shape index (κ1) is 18.0. The van der Waals surface area contributed by atoms with E-state index in [1.54, 1.807) is 18.3 Å². The highest BCUT2D eigenvalue weighted by Crippen LogP contribution is 2.19. The van der Waals surface area contributed by atoms with E-state index < -0.39 is 0 Å². The molecule has 1 aliphatic rings. The number of piperazine rings is 1. The number of carbonyl (C=O) groups is 1. The number of carbonyl (C=O) groups excluding carboxylic acids is 1. The molecule has 0 aromatic carbocycles. The van der Waals surface area contributed by atoms with Crippen LogP contribution in [0.4, 0.5) is 11.6 Å². The predicted octanol–water partition coefficient (Wildman–Crippen LogP) is 2.35.